The zero-order valence-electron chi connectivity index (χ0n) is 14.0. The number of anilines is 1. The van der Waals surface area contributed by atoms with Crippen LogP contribution in [0.3, 0.4) is 0 Å². The van der Waals surface area contributed by atoms with Crippen molar-refractivity contribution < 1.29 is 18.0 Å². The van der Waals surface area contributed by atoms with Crippen LogP contribution in [-0.4, -0.2) is 21.1 Å². The summed E-state index contributed by atoms with van der Waals surface area (Å²) in [4.78, 5) is 31.2. The van der Waals surface area contributed by atoms with Crippen molar-refractivity contribution >= 4 is 34.3 Å². The van der Waals surface area contributed by atoms with Gasteiger partial charge in [-0.1, -0.05) is 36.0 Å². The van der Waals surface area contributed by atoms with E-state index in [9.17, 15) is 22.8 Å². The average Bonchev–Trinajstić information content (AvgIpc) is 2.61. The van der Waals surface area contributed by atoms with Gasteiger partial charge in [0.15, 0.2) is 5.16 Å². The Morgan fingerprint density at radius 3 is 2.56 bits per heavy atom. The Balaban J connectivity index is 1.79. The third kappa shape index (κ3) is 4.30. The second kappa shape index (κ2) is 7.43. The van der Waals surface area contributed by atoms with E-state index in [0.29, 0.717) is 10.9 Å². The van der Waals surface area contributed by atoms with Crippen LogP contribution in [0.25, 0.3) is 10.9 Å². The first-order valence-electron chi connectivity index (χ1n) is 7.88. The first kappa shape index (κ1) is 19.0. The van der Waals surface area contributed by atoms with Crippen LogP contribution in [-0.2, 0) is 11.0 Å². The smallest absolute Gasteiger partial charge is 0.325 e. The average molecular weight is 393 g/mol. The molecule has 1 amide bonds. The van der Waals surface area contributed by atoms with Gasteiger partial charge >= 0.3 is 6.18 Å². The van der Waals surface area contributed by atoms with Crippen molar-refractivity contribution in [2.45, 2.75) is 23.5 Å². The number of aromatic nitrogens is 2. The number of halogens is 3. The molecule has 2 aromatic carbocycles. The van der Waals surface area contributed by atoms with Gasteiger partial charge in [-0.2, -0.15) is 13.2 Å². The normalized spacial score (nSPS) is 12.7. The van der Waals surface area contributed by atoms with E-state index in [1.807, 2.05) is 0 Å². The van der Waals surface area contributed by atoms with E-state index in [4.69, 9.17) is 0 Å². The molecule has 140 valence electrons. The number of amides is 1. The van der Waals surface area contributed by atoms with Crippen molar-refractivity contribution in [3.8, 4) is 0 Å². The Labute approximate surface area is 156 Å². The van der Waals surface area contributed by atoms with Crippen molar-refractivity contribution in [2.24, 2.45) is 0 Å². The van der Waals surface area contributed by atoms with Gasteiger partial charge in [0.1, 0.15) is 0 Å². The summed E-state index contributed by atoms with van der Waals surface area (Å²) < 4.78 is 39.1. The van der Waals surface area contributed by atoms with Crippen LogP contribution in [0.5, 0.6) is 0 Å². The summed E-state index contributed by atoms with van der Waals surface area (Å²) in [6.07, 6.45) is -4.58. The van der Waals surface area contributed by atoms with Gasteiger partial charge in [0.25, 0.3) is 5.56 Å². The van der Waals surface area contributed by atoms with Crippen LogP contribution in [0.4, 0.5) is 18.9 Å². The van der Waals surface area contributed by atoms with E-state index in [-0.39, 0.29) is 16.4 Å². The number of aromatic amines is 1. The van der Waals surface area contributed by atoms with Crippen LogP contribution < -0.4 is 10.9 Å². The highest BCUT2D eigenvalue weighted by molar-refractivity contribution is 8.00. The molecule has 5 nitrogen and oxygen atoms in total. The number of fused-ring (bicyclic) bond motifs is 1. The van der Waals surface area contributed by atoms with Gasteiger partial charge < -0.3 is 10.3 Å². The van der Waals surface area contributed by atoms with Crippen LogP contribution >= 0.6 is 11.8 Å². The summed E-state index contributed by atoms with van der Waals surface area (Å²) >= 11 is 0.953. The first-order valence-corrected chi connectivity index (χ1v) is 8.76. The van der Waals surface area contributed by atoms with Crippen LogP contribution in [0.2, 0.25) is 0 Å². The summed E-state index contributed by atoms with van der Waals surface area (Å²) in [6, 6.07) is 11.5. The summed E-state index contributed by atoms with van der Waals surface area (Å²) in [5.41, 5.74) is -1.12. The Hall–Kier alpha value is -2.81. The minimum Gasteiger partial charge on any atom is -0.325 e. The molecule has 0 radical (unpaired) electrons. The van der Waals surface area contributed by atoms with Crippen LogP contribution in [0.1, 0.15) is 12.5 Å². The van der Waals surface area contributed by atoms with Gasteiger partial charge in [-0.05, 0) is 31.2 Å². The lowest BCUT2D eigenvalue weighted by molar-refractivity contribution is -0.137. The van der Waals surface area contributed by atoms with Gasteiger partial charge in [0, 0.05) is 0 Å². The Bertz CT molecular complexity index is 1050. The fourth-order valence-electron chi connectivity index (χ4n) is 2.42. The third-order valence-corrected chi connectivity index (χ3v) is 4.72. The molecule has 0 aliphatic heterocycles. The number of rotatable bonds is 4. The highest BCUT2D eigenvalue weighted by Gasteiger charge is 2.34. The van der Waals surface area contributed by atoms with E-state index in [1.54, 1.807) is 24.3 Å². The van der Waals surface area contributed by atoms with Crippen molar-refractivity contribution in [3.05, 3.63) is 64.4 Å². The molecule has 27 heavy (non-hydrogen) atoms. The number of benzene rings is 2. The number of para-hydroxylation sites is 2. The minimum atomic E-state index is -4.58. The molecule has 2 N–H and O–H groups in total. The quantitative estimate of drug-likeness (QED) is 0.518. The molecule has 0 saturated heterocycles. The van der Waals surface area contributed by atoms with Gasteiger partial charge in [0.2, 0.25) is 5.91 Å². The van der Waals surface area contributed by atoms with Crippen molar-refractivity contribution in [3.63, 3.8) is 0 Å². The predicted octanol–water partition coefficient (Wildman–Crippen LogP) is 4.06. The molecular weight excluding hydrogens is 379 g/mol. The molecule has 1 unspecified atom stereocenters. The van der Waals surface area contributed by atoms with Crippen LogP contribution in [0.15, 0.2) is 58.5 Å². The fourth-order valence-corrected chi connectivity index (χ4v) is 3.22. The molecule has 1 heterocycles. The molecule has 0 saturated carbocycles. The summed E-state index contributed by atoms with van der Waals surface area (Å²) in [5, 5.41) is 2.14. The molecule has 0 fully saturated rings. The van der Waals surface area contributed by atoms with Gasteiger partial charge in [-0.25, -0.2) is 4.98 Å². The standard InChI is InChI=1S/C18H14F3N3O2S/c1-10(15(25)22-14-9-5-3-7-12(14)18(19,20)21)27-17-23-13-8-4-2-6-11(13)16(26)24-17/h2-10H,1H3,(H,22,25)(H,23,24,26). The molecule has 0 spiro atoms. The fraction of sp³-hybridized carbons (Fsp3) is 0.167. The van der Waals surface area contributed by atoms with E-state index < -0.39 is 22.9 Å². The lowest BCUT2D eigenvalue weighted by atomic mass is 10.1. The SMILES string of the molecule is CC(Sc1nc2ccccc2c(=O)[nH]1)C(=O)Nc1ccccc1C(F)(F)F. The number of hydrogen-bond donors (Lipinski definition) is 2. The van der Waals surface area contributed by atoms with Gasteiger partial charge in [-0.15, -0.1) is 0 Å². The second-order valence-electron chi connectivity index (χ2n) is 5.68. The lowest BCUT2D eigenvalue weighted by Crippen LogP contribution is -2.25. The second-order valence-corrected chi connectivity index (χ2v) is 7.01. The zero-order chi connectivity index (χ0) is 19.6. The van der Waals surface area contributed by atoms with Gasteiger partial charge in [0.05, 0.1) is 27.4 Å². The minimum absolute atomic E-state index is 0.213. The van der Waals surface area contributed by atoms with Crippen molar-refractivity contribution in [1.29, 1.82) is 0 Å². The Morgan fingerprint density at radius 2 is 1.81 bits per heavy atom. The summed E-state index contributed by atoms with van der Waals surface area (Å²) in [7, 11) is 0. The number of carbonyl (C=O) groups excluding carboxylic acids is 1. The molecule has 9 heteroatoms. The predicted molar refractivity (Wildman–Crippen MR) is 97.8 cm³/mol. The maximum atomic E-state index is 13.0. The molecule has 0 bridgehead atoms. The number of carbonyl (C=O) groups is 1. The molecular formula is C18H14F3N3O2S. The summed E-state index contributed by atoms with van der Waals surface area (Å²) in [5.74, 6) is -0.632. The molecule has 0 aliphatic rings. The highest BCUT2D eigenvalue weighted by Crippen LogP contribution is 2.35. The number of H-pyrrole nitrogens is 1. The van der Waals surface area contributed by atoms with E-state index in [1.165, 1.54) is 25.1 Å². The molecule has 1 aromatic heterocycles. The molecule has 3 aromatic rings. The van der Waals surface area contributed by atoms with E-state index >= 15 is 0 Å². The molecule has 3 rings (SSSR count). The number of nitrogens with one attached hydrogen (secondary N) is 2. The van der Waals surface area contributed by atoms with Crippen LogP contribution in [0, 0.1) is 0 Å². The Kier molecular flexibility index (Phi) is 5.22. The maximum Gasteiger partial charge on any atom is 0.418 e. The van der Waals surface area contributed by atoms with Gasteiger partial charge in [-0.3, -0.25) is 9.59 Å². The van der Waals surface area contributed by atoms with E-state index in [0.717, 1.165) is 17.8 Å². The van der Waals surface area contributed by atoms with Crippen molar-refractivity contribution in [1.82, 2.24) is 9.97 Å². The Morgan fingerprint density at radius 1 is 1.15 bits per heavy atom. The number of hydrogen-bond acceptors (Lipinski definition) is 4. The monoisotopic (exact) mass is 393 g/mol. The zero-order valence-corrected chi connectivity index (χ0v) is 14.8. The molecule has 0 aliphatic carbocycles. The number of nitrogens with zero attached hydrogens (tertiary/aromatic N) is 1. The molecule has 1 atom stereocenters. The topological polar surface area (TPSA) is 74.8 Å². The van der Waals surface area contributed by atoms with Crippen molar-refractivity contribution in [2.75, 3.05) is 5.32 Å². The maximum absolute atomic E-state index is 13.0. The number of thioether (sulfide) groups is 1. The summed E-state index contributed by atoms with van der Waals surface area (Å²) in [6.45, 7) is 1.52. The highest BCUT2D eigenvalue weighted by atomic mass is 32.2. The largest absolute Gasteiger partial charge is 0.418 e. The number of alkyl halides is 3. The first-order chi connectivity index (χ1) is 12.8. The lowest BCUT2D eigenvalue weighted by Gasteiger charge is -2.16. The third-order valence-electron chi connectivity index (χ3n) is 3.74. The van der Waals surface area contributed by atoms with E-state index in [2.05, 4.69) is 15.3 Å².